The van der Waals surface area contributed by atoms with Crippen LogP contribution in [-0.4, -0.2) is 4.98 Å². The van der Waals surface area contributed by atoms with Gasteiger partial charge in [-0.25, -0.2) is 8.78 Å². The quantitative estimate of drug-likeness (QED) is 0.359. The summed E-state index contributed by atoms with van der Waals surface area (Å²) in [5.41, 5.74) is 4.48. The first kappa shape index (κ1) is 27.3. The molecule has 1 aliphatic rings. The van der Waals surface area contributed by atoms with Gasteiger partial charge in [0.05, 0.1) is 23.0 Å². The van der Waals surface area contributed by atoms with Gasteiger partial charge in [0.15, 0.2) is 0 Å². The SMILES string of the molecule is CC.CC(C)C1=C(NC(c2ccccc2)c2cccc(-c3c(F)cccc3F)n2)C(C(C)C)CC=C1. The summed E-state index contributed by atoms with van der Waals surface area (Å²) >= 11 is 0. The molecule has 4 heteroatoms. The third-order valence-electron chi connectivity index (χ3n) is 6.51. The molecule has 0 saturated carbocycles. The molecule has 190 valence electrons. The first-order chi connectivity index (χ1) is 17.4. The van der Waals surface area contributed by atoms with Crippen LogP contribution in [0.15, 0.2) is 90.2 Å². The molecule has 0 spiro atoms. The zero-order valence-electron chi connectivity index (χ0n) is 22.2. The van der Waals surface area contributed by atoms with Gasteiger partial charge in [-0.1, -0.05) is 96.2 Å². The van der Waals surface area contributed by atoms with E-state index in [2.05, 4.69) is 57.3 Å². The number of halogens is 2. The van der Waals surface area contributed by atoms with Crippen LogP contribution in [-0.2, 0) is 0 Å². The molecule has 2 atom stereocenters. The maximum Gasteiger partial charge on any atom is 0.135 e. The maximum absolute atomic E-state index is 14.5. The summed E-state index contributed by atoms with van der Waals surface area (Å²) in [6.07, 6.45) is 5.47. The Balaban J connectivity index is 0.00000176. The van der Waals surface area contributed by atoms with Crippen molar-refractivity contribution in [3.63, 3.8) is 0 Å². The minimum absolute atomic E-state index is 0.0982. The zero-order chi connectivity index (χ0) is 26.2. The van der Waals surface area contributed by atoms with E-state index in [1.165, 1.54) is 29.5 Å². The lowest BCUT2D eigenvalue weighted by atomic mass is 9.80. The minimum atomic E-state index is -0.615. The number of benzene rings is 2. The molecule has 0 fully saturated rings. The summed E-state index contributed by atoms with van der Waals surface area (Å²) in [5.74, 6) is -0.0410. The number of hydrogen-bond acceptors (Lipinski definition) is 2. The molecule has 2 nitrogen and oxygen atoms in total. The molecule has 2 unspecified atom stereocenters. The van der Waals surface area contributed by atoms with Crippen LogP contribution in [0, 0.1) is 29.4 Å². The molecule has 0 amide bonds. The van der Waals surface area contributed by atoms with Crippen LogP contribution in [0.2, 0.25) is 0 Å². The van der Waals surface area contributed by atoms with E-state index in [-0.39, 0.29) is 17.3 Å². The van der Waals surface area contributed by atoms with Gasteiger partial charge in [0.2, 0.25) is 0 Å². The number of nitrogens with one attached hydrogen (secondary N) is 1. The summed E-state index contributed by atoms with van der Waals surface area (Å²) in [5, 5.41) is 3.84. The van der Waals surface area contributed by atoms with Gasteiger partial charge in [-0.2, -0.15) is 0 Å². The number of allylic oxidation sites excluding steroid dienone is 4. The maximum atomic E-state index is 14.5. The lowest BCUT2D eigenvalue weighted by Crippen LogP contribution is -2.32. The largest absolute Gasteiger partial charge is 0.376 e. The van der Waals surface area contributed by atoms with Crippen molar-refractivity contribution in [2.75, 3.05) is 0 Å². The molecule has 1 heterocycles. The Kier molecular flexibility index (Phi) is 9.58. The summed E-state index contributed by atoms with van der Waals surface area (Å²) in [4.78, 5) is 4.76. The van der Waals surface area contributed by atoms with E-state index in [1.807, 2.05) is 44.2 Å². The molecule has 0 radical (unpaired) electrons. The lowest BCUT2D eigenvalue weighted by Gasteiger charge is -2.34. The summed E-state index contributed by atoms with van der Waals surface area (Å²) < 4.78 is 29.1. The first-order valence-corrected chi connectivity index (χ1v) is 13.0. The number of pyridine rings is 1. The topological polar surface area (TPSA) is 24.9 Å². The van der Waals surface area contributed by atoms with E-state index in [0.29, 0.717) is 17.8 Å². The second-order valence-corrected chi connectivity index (χ2v) is 9.54. The molecule has 36 heavy (non-hydrogen) atoms. The zero-order valence-corrected chi connectivity index (χ0v) is 22.2. The standard InChI is InChI=1S/C30H32F2N2.C2H6/c1-19(2)22-13-8-14-23(20(3)4)30(22)34-29(21-11-6-5-7-12-21)27-18-10-17-26(33-27)28-24(31)15-9-16-25(28)32;1-2/h5-13,15-20,23,29,34H,14H2,1-4H3;1-2H3. The van der Waals surface area contributed by atoms with Crippen molar-refractivity contribution in [1.29, 1.82) is 0 Å². The molecule has 1 aromatic heterocycles. The van der Waals surface area contributed by atoms with E-state index < -0.39 is 11.6 Å². The van der Waals surface area contributed by atoms with Gasteiger partial charge in [-0.3, -0.25) is 4.98 Å². The summed E-state index contributed by atoms with van der Waals surface area (Å²) in [6.45, 7) is 12.9. The van der Waals surface area contributed by atoms with Gasteiger partial charge in [-0.15, -0.1) is 0 Å². The Morgan fingerprint density at radius 1 is 0.833 bits per heavy atom. The number of rotatable bonds is 7. The molecule has 3 aromatic rings. The second kappa shape index (κ2) is 12.6. The van der Waals surface area contributed by atoms with Gasteiger partial charge in [-0.05, 0) is 53.7 Å². The van der Waals surface area contributed by atoms with Crippen LogP contribution in [0.4, 0.5) is 8.78 Å². The number of nitrogens with zero attached hydrogens (tertiary/aromatic N) is 1. The van der Waals surface area contributed by atoms with Gasteiger partial charge in [0, 0.05) is 11.6 Å². The van der Waals surface area contributed by atoms with E-state index in [1.54, 1.807) is 6.07 Å². The second-order valence-electron chi connectivity index (χ2n) is 9.54. The summed E-state index contributed by atoms with van der Waals surface area (Å²) in [7, 11) is 0. The highest BCUT2D eigenvalue weighted by Crippen LogP contribution is 2.36. The average molecular weight is 489 g/mol. The van der Waals surface area contributed by atoms with E-state index in [4.69, 9.17) is 4.98 Å². The van der Waals surface area contributed by atoms with Crippen molar-refractivity contribution in [2.24, 2.45) is 17.8 Å². The summed E-state index contributed by atoms with van der Waals surface area (Å²) in [6, 6.07) is 19.2. The Labute approximate surface area is 215 Å². The van der Waals surface area contributed by atoms with Crippen molar-refractivity contribution in [2.45, 2.75) is 54.0 Å². The van der Waals surface area contributed by atoms with Crippen molar-refractivity contribution < 1.29 is 8.78 Å². The molecule has 2 aromatic carbocycles. The highest BCUT2D eigenvalue weighted by molar-refractivity contribution is 5.61. The Morgan fingerprint density at radius 2 is 1.47 bits per heavy atom. The smallest absolute Gasteiger partial charge is 0.135 e. The van der Waals surface area contributed by atoms with Crippen LogP contribution >= 0.6 is 0 Å². The Hall–Kier alpha value is -3.27. The fourth-order valence-corrected chi connectivity index (χ4v) is 4.69. The Morgan fingerprint density at radius 3 is 2.08 bits per heavy atom. The fraction of sp³-hybridized carbons (Fsp3) is 0.344. The minimum Gasteiger partial charge on any atom is -0.376 e. The third kappa shape index (κ3) is 6.10. The van der Waals surface area contributed by atoms with Crippen LogP contribution in [0.3, 0.4) is 0 Å². The predicted octanol–water partition coefficient (Wildman–Crippen LogP) is 8.87. The molecule has 1 aliphatic carbocycles. The Bertz CT molecular complexity index is 1180. The molecule has 0 saturated heterocycles. The third-order valence-corrected chi connectivity index (χ3v) is 6.51. The number of hydrogen-bond donors (Lipinski definition) is 1. The van der Waals surface area contributed by atoms with Gasteiger partial charge in [0.1, 0.15) is 11.6 Å². The normalized spacial score (nSPS) is 16.1. The van der Waals surface area contributed by atoms with Gasteiger partial charge >= 0.3 is 0 Å². The molecule has 4 rings (SSSR count). The van der Waals surface area contributed by atoms with Crippen LogP contribution in [0.1, 0.15) is 65.3 Å². The van der Waals surface area contributed by atoms with Crippen LogP contribution in [0.5, 0.6) is 0 Å². The highest BCUT2D eigenvalue weighted by atomic mass is 19.1. The van der Waals surface area contributed by atoms with Gasteiger partial charge < -0.3 is 5.32 Å². The van der Waals surface area contributed by atoms with Gasteiger partial charge in [0.25, 0.3) is 0 Å². The molecule has 0 bridgehead atoms. The average Bonchev–Trinajstić information content (AvgIpc) is 2.88. The van der Waals surface area contributed by atoms with Crippen LogP contribution in [0.25, 0.3) is 11.3 Å². The van der Waals surface area contributed by atoms with E-state index in [9.17, 15) is 8.78 Å². The van der Waals surface area contributed by atoms with Crippen molar-refractivity contribution in [3.8, 4) is 11.3 Å². The first-order valence-electron chi connectivity index (χ1n) is 13.0. The fourth-order valence-electron chi connectivity index (χ4n) is 4.69. The molecule has 0 aliphatic heterocycles. The number of aromatic nitrogens is 1. The van der Waals surface area contributed by atoms with E-state index in [0.717, 1.165) is 17.7 Å². The lowest BCUT2D eigenvalue weighted by molar-refractivity contribution is 0.400. The highest BCUT2D eigenvalue weighted by Gasteiger charge is 2.28. The predicted molar refractivity (Wildman–Crippen MR) is 146 cm³/mol. The van der Waals surface area contributed by atoms with Crippen molar-refractivity contribution >= 4 is 0 Å². The monoisotopic (exact) mass is 488 g/mol. The van der Waals surface area contributed by atoms with Crippen LogP contribution < -0.4 is 5.32 Å². The molecular formula is C32H38F2N2. The van der Waals surface area contributed by atoms with E-state index >= 15 is 0 Å². The molecular weight excluding hydrogens is 450 g/mol. The van der Waals surface area contributed by atoms with Crippen molar-refractivity contribution in [3.05, 3.63) is 113 Å². The van der Waals surface area contributed by atoms with Crippen molar-refractivity contribution in [1.82, 2.24) is 10.3 Å². The molecule has 1 N–H and O–H groups in total.